The number of carboxylic acid groups (broad SMARTS) is 2. The van der Waals surface area contributed by atoms with E-state index in [2.05, 4.69) is 4.90 Å². The standard InChI is InChI=1S/C12H21NO4/c1-2-13(8-7-11(14)15)10-5-3-9(4-6-10)12(16)17/h9-10H,2-8H2,1H3,(H,14,15)(H,16,17). The van der Waals surface area contributed by atoms with Crippen molar-refractivity contribution in [3.63, 3.8) is 0 Å². The second-order valence-electron chi connectivity index (χ2n) is 4.62. The minimum Gasteiger partial charge on any atom is -0.481 e. The molecule has 1 aliphatic rings. The first-order valence-corrected chi connectivity index (χ1v) is 6.23. The lowest BCUT2D eigenvalue weighted by molar-refractivity contribution is -0.143. The zero-order valence-corrected chi connectivity index (χ0v) is 10.3. The van der Waals surface area contributed by atoms with Crippen LogP contribution in [0.1, 0.15) is 39.0 Å². The molecule has 0 aliphatic heterocycles. The fourth-order valence-electron chi connectivity index (χ4n) is 2.53. The maximum Gasteiger partial charge on any atom is 0.306 e. The van der Waals surface area contributed by atoms with Gasteiger partial charge in [-0.2, -0.15) is 0 Å². The lowest BCUT2D eigenvalue weighted by Gasteiger charge is -2.35. The van der Waals surface area contributed by atoms with Crippen molar-refractivity contribution in [1.82, 2.24) is 4.90 Å². The number of rotatable bonds is 6. The summed E-state index contributed by atoms with van der Waals surface area (Å²) in [4.78, 5) is 23.5. The van der Waals surface area contributed by atoms with E-state index < -0.39 is 11.9 Å². The Hall–Kier alpha value is -1.10. The van der Waals surface area contributed by atoms with Crippen molar-refractivity contribution in [2.45, 2.75) is 45.1 Å². The molecule has 2 N–H and O–H groups in total. The molecule has 1 fully saturated rings. The van der Waals surface area contributed by atoms with Crippen molar-refractivity contribution in [2.75, 3.05) is 13.1 Å². The van der Waals surface area contributed by atoms with Crippen LogP contribution in [0, 0.1) is 5.92 Å². The van der Waals surface area contributed by atoms with Crippen LogP contribution in [0.15, 0.2) is 0 Å². The van der Waals surface area contributed by atoms with Crippen LogP contribution < -0.4 is 0 Å². The van der Waals surface area contributed by atoms with Crippen LogP contribution in [-0.2, 0) is 9.59 Å². The van der Waals surface area contributed by atoms with E-state index >= 15 is 0 Å². The molecule has 17 heavy (non-hydrogen) atoms. The first-order chi connectivity index (χ1) is 8.04. The SMILES string of the molecule is CCN(CCC(=O)O)C1CCC(C(=O)O)CC1. The largest absolute Gasteiger partial charge is 0.481 e. The topological polar surface area (TPSA) is 77.8 Å². The zero-order valence-electron chi connectivity index (χ0n) is 10.3. The quantitative estimate of drug-likeness (QED) is 0.737. The number of aliphatic carboxylic acids is 2. The molecule has 5 heteroatoms. The highest BCUT2D eigenvalue weighted by atomic mass is 16.4. The van der Waals surface area contributed by atoms with Crippen molar-refractivity contribution in [1.29, 1.82) is 0 Å². The molecule has 0 heterocycles. The van der Waals surface area contributed by atoms with E-state index in [0.29, 0.717) is 25.4 Å². The molecule has 0 atom stereocenters. The van der Waals surface area contributed by atoms with E-state index in [4.69, 9.17) is 10.2 Å². The fourth-order valence-corrected chi connectivity index (χ4v) is 2.53. The third kappa shape index (κ3) is 4.34. The monoisotopic (exact) mass is 243 g/mol. The molecule has 0 spiro atoms. The van der Waals surface area contributed by atoms with Crippen LogP contribution in [0.5, 0.6) is 0 Å². The third-order valence-electron chi connectivity index (χ3n) is 3.58. The minimum atomic E-state index is -0.775. The van der Waals surface area contributed by atoms with Gasteiger partial charge in [-0.15, -0.1) is 0 Å². The second-order valence-corrected chi connectivity index (χ2v) is 4.62. The van der Waals surface area contributed by atoms with Gasteiger partial charge in [-0.3, -0.25) is 9.59 Å². The highest BCUT2D eigenvalue weighted by molar-refractivity contribution is 5.70. The third-order valence-corrected chi connectivity index (χ3v) is 3.58. The van der Waals surface area contributed by atoms with Gasteiger partial charge < -0.3 is 15.1 Å². The molecule has 1 rings (SSSR count). The van der Waals surface area contributed by atoms with E-state index in [1.54, 1.807) is 0 Å². The van der Waals surface area contributed by atoms with Gasteiger partial charge in [0.15, 0.2) is 0 Å². The van der Waals surface area contributed by atoms with Crippen molar-refractivity contribution in [3.8, 4) is 0 Å². The van der Waals surface area contributed by atoms with Gasteiger partial charge in [-0.1, -0.05) is 6.92 Å². The normalized spacial score (nSPS) is 24.8. The zero-order chi connectivity index (χ0) is 12.8. The average Bonchev–Trinajstić information content (AvgIpc) is 2.30. The number of nitrogens with zero attached hydrogens (tertiary/aromatic N) is 1. The summed E-state index contributed by atoms with van der Waals surface area (Å²) in [5.41, 5.74) is 0. The maximum atomic E-state index is 10.8. The number of carboxylic acids is 2. The van der Waals surface area contributed by atoms with Crippen LogP contribution in [0.2, 0.25) is 0 Å². The van der Waals surface area contributed by atoms with E-state index in [-0.39, 0.29) is 12.3 Å². The summed E-state index contributed by atoms with van der Waals surface area (Å²) in [5.74, 6) is -1.68. The Balaban J connectivity index is 2.39. The molecule has 1 aliphatic carbocycles. The molecule has 0 bridgehead atoms. The van der Waals surface area contributed by atoms with E-state index in [0.717, 1.165) is 19.4 Å². The van der Waals surface area contributed by atoms with Gasteiger partial charge in [-0.05, 0) is 32.2 Å². The smallest absolute Gasteiger partial charge is 0.306 e. The van der Waals surface area contributed by atoms with E-state index in [9.17, 15) is 9.59 Å². The molecule has 0 amide bonds. The highest BCUT2D eigenvalue weighted by Gasteiger charge is 2.28. The summed E-state index contributed by atoms with van der Waals surface area (Å²) >= 11 is 0. The Morgan fingerprint density at radius 2 is 1.76 bits per heavy atom. The number of hydrogen-bond donors (Lipinski definition) is 2. The summed E-state index contributed by atoms with van der Waals surface area (Å²) in [5, 5.41) is 17.6. The molecule has 0 aromatic carbocycles. The van der Waals surface area contributed by atoms with Crippen LogP contribution in [0.25, 0.3) is 0 Å². The van der Waals surface area contributed by atoms with Crippen molar-refractivity contribution in [2.24, 2.45) is 5.92 Å². The van der Waals surface area contributed by atoms with Gasteiger partial charge in [0.2, 0.25) is 0 Å². The summed E-state index contributed by atoms with van der Waals surface area (Å²) in [6.07, 6.45) is 3.31. The number of hydrogen-bond acceptors (Lipinski definition) is 3. The molecule has 0 aromatic heterocycles. The van der Waals surface area contributed by atoms with Gasteiger partial charge in [0.1, 0.15) is 0 Å². The highest BCUT2D eigenvalue weighted by Crippen LogP contribution is 2.27. The lowest BCUT2D eigenvalue weighted by atomic mass is 9.85. The predicted molar refractivity (Wildman–Crippen MR) is 62.9 cm³/mol. The molecule has 5 nitrogen and oxygen atoms in total. The molecule has 0 aromatic rings. The Morgan fingerprint density at radius 1 is 1.18 bits per heavy atom. The first kappa shape index (κ1) is 14.0. The Kier molecular flexibility index (Phi) is 5.41. The molecular formula is C12H21NO4. The van der Waals surface area contributed by atoms with Gasteiger partial charge in [0, 0.05) is 12.6 Å². The van der Waals surface area contributed by atoms with Gasteiger partial charge in [-0.25, -0.2) is 0 Å². The minimum absolute atomic E-state index is 0.159. The average molecular weight is 243 g/mol. The molecule has 0 radical (unpaired) electrons. The van der Waals surface area contributed by atoms with E-state index in [1.165, 1.54) is 0 Å². The predicted octanol–water partition coefficient (Wildman–Crippen LogP) is 1.43. The van der Waals surface area contributed by atoms with Gasteiger partial charge >= 0.3 is 11.9 Å². The Labute approximate surface area is 101 Å². The molecule has 0 saturated heterocycles. The second kappa shape index (κ2) is 6.59. The summed E-state index contributed by atoms with van der Waals surface area (Å²) in [6.45, 7) is 3.41. The maximum absolute atomic E-state index is 10.8. The Morgan fingerprint density at radius 3 is 2.18 bits per heavy atom. The Bertz CT molecular complexity index is 272. The molecular weight excluding hydrogens is 222 g/mol. The summed E-state index contributed by atoms with van der Waals surface area (Å²) in [6, 6.07) is 0.356. The molecule has 1 saturated carbocycles. The van der Waals surface area contributed by atoms with Crippen LogP contribution in [0.4, 0.5) is 0 Å². The fraction of sp³-hybridized carbons (Fsp3) is 0.833. The molecule has 0 unspecified atom stereocenters. The van der Waals surface area contributed by atoms with Crippen molar-refractivity contribution < 1.29 is 19.8 Å². The van der Waals surface area contributed by atoms with Crippen LogP contribution in [0.3, 0.4) is 0 Å². The first-order valence-electron chi connectivity index (χ1n) is 6.23. The number of carbonyl (C=O) groups is 2. The van der Waals surface area contributed by atoms with Crippen molar-refractivity contribution >= 4 is 11.9 Å². The van der Waals surface area contributed by atoms with E-state index in [1.807, 2.05) is 6.92 Å². The van der Waals surface area contributed by atoms with Gasteiger partial charge in [0.05, 0.1) is 12.3 Å². The van der Waals surface area contributed by atoms with Crippen LogP contribution in [-0.4, -0.2) is 46.2 Å². The lowest BCUT2D eigenvalue weighted by Crippen LogP contribution is -2.40. The summed E-state index contributed by atoms with van der Waals surface area (Å²) < 4.78 is 0. The van der Waals surface area contributed by atoms with Gasteiger partial charge in [0.25, 0.3) is 0 Å². The van der Waals surface area contributed by atoms with Crippen LogP contribution >= 0.6 is 0 Å². The molecule has 98 valence electrons. The summed E-state index contributed by atoms with van der Waals surface area (Å²) in [7, 11) is 0. The van der Waals surface area contributed by atoms with Crippen molar-refractivity contribution in [3.05, 3.63) is 0 Å².